The van der Waals surface area contributed by atoms with Crippen molar-refractivity contribution in [3.05, 3.63) is 35.9 Å². The maximum atomic E-state index is 12.0. The molecule has 0 aromatic heterocycles. The van der Waals surface area contributed by atoms with Crippen molar-refractivity contribution in [3.63, 3.8) is 0 Å². The minimum absolute atomic E-state index is 0.0257. The lowest BCUT2D eigenvalue weighted by Gasteiger charge is -2.20. The highest BCUT2D eigenvalue weighted by Gasteiger charge is 2.23. The zero-order chi connectivity index (χ0) is 14.4. The van der Waals surface area contributed by atoms with E-state index in [4.69, 9.17) is 0 Å². The molecule has 1 saturated carbocycles. The van der Waals surface area contributed by atoms with E-state index in [0.29, 0.717) is 6.42 Å². The van der Waals surface area contributed by atoms with Crippen LogP contribution in [-0.4, -0.2) is 17.9 Å². The Balaban J connectivity index is 2.00. The van der Waals surface area contributed by atoms with E-state index in [1.165, 1.54) is 12.8 Å². The molecule has 108 valence electrons. The number of ketones is 1. The van der Waals surface area contributed by atoms with E-state index >= 15 is 0 Å². The number of nitrogens with one attached hydrogen (secondary N) is 2. The Morgan fingerprint density at radius 3 is 2.45 bits per heavy atom. The second kappa shape index (κ2) is 7.08. The zero-order valence-electron chi connectivity index (χ0n) is 11.9. The Morgan fingerprint density at radius 2 is 1.85 bits per heavy atom. The Morgan fingerprint density at radius 1 is 1.20 bits per heavy atom. The maximum Gasteiger partial charge on any atom is 0.315 e. The van der Waals surface area contributed by atoms with Gasteiger partial charge in [-0.25, -0.2) is 4.79 Å². The number of hydrogen-bond acceptors (Lipinski definition) is 2. The summed E-state index contributed by atoms with van der Waals surface area (Å²) >= 11 is 0. The van der Waals surface area contributed by atoms with Crippen LogP contribution in [0.5, 0.6) is 0 Å². The van der Waals surface area contributed by atoms with Crippen LogP contribution in [0.15, 0.2) is 30.3 Å². The highest BCUT2D eigenvalue weighted by atomic mass is 16.2. The minimum atomic E-state index is -0.553. The molecule has 1 aromatic rings. The van der Waals surface area contributed by atoms with Crippen molar-refractivity contribution < 1.29 is 9.59 Å². The molecule has 1 atom stereocenters. The van der Waals surface area contributed by atoms with Gasteiger partial charge in [0.15, 0.2) is 5.78 Å². The van der Waals surface area contributed by atoms with Crippen molar-refractivity contribution in [3.8, 4) is 0 Å². The summed E-state index contributed by atoms with van der Waals surface area (Å²) in [6.45, 7) is 1.81. The molecule has 20 heavy (non-hydrogen) atoms. The first-order chi connectivity index (χ1) is 9.70. The van der Waals surface area contributed by atoms with Gasteiger partial charge in [-0.2, -0.15) is 0 Å². The number of benzene rings is 1. The largest absolute Gasteiger partial charge is 0.335 e. The Bertz CT molecular complexity index is 453. The van der Waals surface area contributed by atoms with E-state index in [0.717, 1.165) is 18.4 Å². The quantitative estimate of drug-likeness (QED) is 0.867. The summed E-state index contributed by atoms with van der Waals surface area (Å²) in [5.74, 6) is 0.0257. The molecule has 0 aliphatic heterocycles. The topological polar surface area (TPSA) is 58.2 Å². The number of Topliss-reactive ketones (excluding diaryl/α,β-unsaturated/α-hetero) is 1. The molecule has 2 N–H and O–H groups in total. The summed E-state index contributed by atoms with van der Waals surface area (Å²) in [5.41, 5.74) is 0.834. The summed E-state index contributed by atoms with van der Waals surface area (Å²) in [7, 11) is 0. The Kier molecular flexibility index (Phi) is 5.16. The fraction of sp³-hybridized carbons (Fsp3) is 0.500. The van der Waals surface area contributed by atoms with Gasteiger partial charge in [-0.15, -0.1) is 0 Å². The van der Waals surface area contributed by atoms with Crippen LogP contribution in [-0.2, 0) is 4.79 Å². The van der Waals surface area contributed by atoms with Crippen LogP contribution in [0.3, 0.4) is 0 Å². The van der Waals surface area contributed by atoms with Crippen molar-refractivity contribution in [2.24, 2.45) is 0 Å². The number of carbonyl (C=O) groups is 2. The van der Waals surface area contributed by atoms with E-state index in [1.54, 1.807) is 0 Å². The van der Waals surface area contributed by atoms with E-state index in [1.807, 2.05) is 37.3 Å². The number of rotatable bonds is 5. The first kappa shape index (κ1) is 14.6. The molecule has 0 radical (unpaired) electrons. The molecule has 0 bridgehead atoms. The molecule has 1 fully saturated rings. The van der Waals surface area contributed by atoms with Crippen molar-refractivity contribution in [1.29, 1.82) is 0 Å². The average Bonchev–Trinajstić information content (AvgIpc) is 2.97. The smallest absolute Gasteiger partial charge is 0.315 e. The van der Waals surface area contributed by atoms with E-state index in [9.17, 15) is 9.59 Å². The molecule has 0 spiro atoms. The van der Waals surface area contributed by atoms with Gasteiger partial charge < -0.3 is 10.6 Å². The second-order valence-corrected chi connectivity index (χ2v) is 5.26. The molecule has 2 amide bonds. The zero-order valence-corrected chi connectivity index (χ0v) is 11.9. The molecule has 4 nitrogen and oxygen atoms in total. The molecular weight excluding hydrogens is 252 g/mol. The molecule has 0 unspecified atom stereocenters. The molecule has 4 heteroatoms. The highest BCUT2D eigenvalue weighted by Crippen LogP contribution is 2.18. The highest BCUT2D eigenvalue weighted by molar-refractivity contribution is 5.89. The van der Waals surface area contributed by atoms with Crippen LogP contribution in [0.25, 0.3) is 0 Å². The van der Waals surface area contributed by atoms with Gasteiger partial charge in [0.2, 0.25) is 0 Å². The third-order valence-electron chi connectivity index (χ3n) is 3.77. The van der Waals surface area contributed by atoms with Gasteiger partial charge in [0.1, 0.15) is 6.04 Å². The average molecular weight is 274 g/mol. The molecule has 2 rings (SSSR count). The minimum Gasteiger partial charge on any atom is -0.335 e. The number of amides is 2. The van der Waals surface area contributed by atoms with E-state index in [2.05, 4.69) is 10.6 Å². The number of carbonyl (C=O) groups excluding carboxylic acids is 2. The maximum absolute atomic E-state index is 12.0. The van der Waals surface area contributed by atoms with Gasteiger partial charge in [0, 0.05) is 12.5 Å². The van der Waals surface area contributed by atoms with Crippen molar-refractivity contribution in [2.45, 2.75) is 51.1 Å². The SMILES string of the molecule is CCC(=O)[C@H](NC(=O)NC1CCCC1)c1ccccc1. The predicted octanol–water partition coefficient (Wildman–Crippen LogP) is 2.95. The predicted molar refractivity (Wildman–Crippen MR) is 78.4 cm³/mol. The van der Waals surface area contributed by atoms with Gasteiger partial charge in [0.25, 0.3) is 0 Å². The van der Waals surface area contributed by atoms with Crippen LogP contribution in [0.4, 0.5) is 4.79 Å². The second-order valence-electron chi connectivity index (χ2n) is 5.26. The summed E-state index contributed by atoms with van der Waals surface area (Å²) < 4.78 is 0. The van der Waals surface area contributed by atoms with Crippen molar-refractivity contribution >= 4 is 11.8 Å². The summed E-state index contributed by atoms with van der Waals surface area (Å²) in [4.78, 5) is 24.1. The molecule has 0 heterocycles. The lowest BCUT2D eigenvalue weighted by atomic mass is 10.0. The fourth-order valence-electron chi connectivity index (χ4n) is 2.63. The third-order valence-corrected chi connectivity index (χ3v) is 3.77. The molecule has 1 aromatic carbocycles. The molecule has 0 saturated heterocycles. The first-order valence-corrected chi connectivity index (χ1v) is 7.35. The van der Waals surface area contributed by atoms with E-state index in [-0.39, 0.29) is 17.9 Å². The van der Waals surface area contributed by atoms with Crippen LogP contribution in [0, 0.1) is 0 Å². The van der Waals surface area contributed by atoms with Gasteiger partial charge in [0.05, 0.1) is 0 Å². The van der Waals surface area contributed by atoms with Crippen LogP contribution in [0.1, 0.15) is 50.6 Å². The summed E-state index contributed by atoms with van der Waals surface area (Å²) in [6, 6.07) is 8.85. The molecule has 1 aliphatic carbocycles. The number of urea groups is 1. The number of hydrogen-bond donors (Lipinski definition) is 2. The van der Waals surface area contributed by atoms with Crippen LogP contribution >= 0.6 is 0 Å². The standard InChI is InChI=1S/C16H22N2O2/c1-2-14(19)15(12-8-4-3-5-9-12)18-16(20)17-13-10-6-7-11-13/h3-5,8-9,13,15H,2,6-7,10-11H2,1H3,(H2,17,18,20)/t15-/m1/s1. The lowest BCUT2D eigenvalue weighted by Crippen LogP contribution is -2.44. The van der Waals surface area contributed by atoms with Crippen molar-refractivity contribution in [2.75, 3.05) is 0 Å². The molecular formula is C16H22N2O2. The summed E-state index contributed by atoms with van der Waals surface area (Å²) in [6.07, 6.45) is 4.81. The monoisotopic (exact) mass is 274 g/mol. The van der Waals surface area contributed by atoms with Crippen LogP contribution in [0.2, 0.25) is 0 Å². The normalized spacial score (nSPS) is 16.6. The third kappa shape index (κ3) is 3.83. The van der Waals surface area contributed by atoms with E-state index < -0.39 is 6.04 Å². The van der Waals surface area contributed by atoms with Gasteiger partial charge >= 0.3 is 6.03 Å². The lowest BCUT2D eigenvalue weighted by molar-refractivity contribution is -0.120. The molecule has 1 aliphatic rings. The van der Waals surface area contributed by atoms with Gasteiger partial charge in [-0.05, 0) is 18.4 Å². The van der Waals surface area contributed by atoms with Gasteiger partial charge in [-0.1, -0.05) is 50.1 Å². The van der Waals surface area contributed by atoms with Crippen molar-refractivity contribution in [1.82, 2.24) is 10.6 Å². The van der Waals surface area contributed by atoms with Gasteiger partial charge in [-0.3, -0.25) is 4.79 Å². The Hall–Kier alpha value is -1.84. The fourth-order valence-corrected chi connectivity index (χ4v) is 2.63. The first-order valence-electron chi connectivity index (χ1n) is 7.35. The Labute approximate surface area is 119 Å². The summed E-state index contributed by atoms with van der Waals surface area (Å²) in [5, 5.41) is 5.77. The van der Waals surface area contributed by atoms with Crippen LogP contribution < -0.4 is 10.6 Å².